The molecule has 7 heteroatoms. The summed E-state index contributed by atoms with van der Waals surface area (Å²) in [4.78, 5) is 0. The highest BCUT2D eigenvalue weighted by atomic mass is 19.4. The van der Waals surface area contributed by atoms with E-state index in [1.807, 2.05) is 6.92 Å². The third kappa shape index (κ3) is 1.98. The maximum atomic E-state index is 13.5. The summed E-state index contributed by atoms with van der Waals surface area (Å²) in [5.41, 5.74) is -0.384. The third-order valence-electron chi connectivity index (χ3n) is 6.32. The number of hydrogen-bond acceptors (Lipinski definition) is 3. The van der Waals surface area contributed by atoms with Gasteiger partial charge in [-0.1, -0.05) is 13.2 Å². The summed E-state index contributed by atoms with van der Waals surface area (Å²) in [7, 11) is 1.77. The predicted molar refractivity (Wildman–Crippen MR) is 79.2 cm³/mol. The van der Waals surface area contributed by atoms with Crippen LogP contribution >= 0.6 is 0 Å². The van der Waals surface area contributed by atoms with Crippen molar-refractivity contribution in [1.82, 2.24) is 0 Å². The number of allylic oxidation sites excluding steroid dienone is 1. The van der Waals surface area contributed by atoms with Crippen molar-refractivity contribution in [2.45, 2.75) is 69.7 Å². The van der Waals surface area contributed by atoms with Crippen molar-refractivity contribution in [2.75, 3.05) is 0 Å². The van der Waals surface area contributed by atoms with E-state index in [1.165, 1.54) is 0 Å². The molecule has 2 saturated heterocycles. The second-order valence-electron chi connectivity index (χ2n) is 7.62. The molecule has 0 aromatic carbocycles. The Morgan fingerprint density at radius 1 is 1.26 bits per heavy atom. The Labute approximate surface area is 134 Å². The third-order valence-corrected chi connectivity index (χ3v) is 6.32. The molecule has 0 unspecified atom stereocenters. The predicted octanol–water partition coefficient (Wildman–Crippen LogP) is 3.17. The lowest BCUT2D eigenvalue weighted by atomic mass is 9.57. The maximum absolute atomic E-state index is 13.5. The highest BCUT2D eigenvalue weighted by Crippen LogP contribution is 2.64. The molecular formula is C16H22BF3O3. The van der Waals surface area contributed by atoms with Gasteiger partial charge in [0.25, 0.3) is 0 Å². The van der Waals surface area contributed by atoms with Crippen molar-refractivity contribution in [3.8, 4) is 0 Å². The van der Waals surface area contributed by atoms with Crippen molar-refractivity contribution >= 4 is 7.85 Å². The lowest BCUT2D eigenvalue weighted by molar-refractivity contribution is -0.248. The zero-order valence-electron chi connectivity index (χ0n) is 13.7. The number of ether oxygens (including phenoxy) is 3. The molecule has 3 fully saturated rings. The SMILES string of the molecule is BCC1=C(C(F)(F)F)O[C@@H]2O[C@]3(C)CC[C@H]4[C@H](C)CC[C@@H]1[C@@]24O3. The van der Waals surface area contributed by atoms with Crippen LogP contribution in [0.4, 0.5) is 13.2 Å². The Bertz CT molecular complexity index is 563. The van der Waals surface area contributed by atoms with Crippen molar-refractivity contribution in [3.05, 3.63) is 11.3 Å². The molecular weight excluding hydrogens is 308 g/mol. The van der Waals surface area contributed by atoms with E-state index in [2.05, 4.69) is 6.92 Å². The highest BCUT2D eigenvalue weighted by Gasteiger charge is 2.71. The Kier molecular flexibility index (Phi) is 3.22. The minimum absolute atomic E-state index is 0.193. The van der Waals surface area contributed by atoms with Crippen LogP contribution in [0.25, 0.3) is 0 Å². The number of alkyl halides is 3. The quantitative estimate of drug-likeness (QED) is 0.691. The average Bonchev–Trinajstić information content (AvgIpc) is 2.68. The molecule has 3 aliphatic heterocycles. The number of hydrogen-bond donors (Lipinski definition) is 0. The van der Waals surface area contributed by atoms with Crippen LogP contribution in [0.5, 0.6) is 0 Å². The minimum Gasteiger partial charge on any atom is -0.456 e. The molecule has 0 aromatic heterocycles. The minimum atomic E-state index is -4.48. The Morgan fingerprint density at radius 3 is 2.65 bits per heavy atom. The van der Waals surface area contributed by atoms with E-state index in [0.29, 0.717) is 30.7 Å². The Hall–Kier alpha value is -0.685. The normalized spacial score (nSPS) is 48.9. The zero-order valence-corrected chi connectivity index (χ0v) is 13.7. The first-order valence-electron chi connectivity index (χ1n) is 8.56. The molecule has 128 valence electrons. The number of halogens is 3. The lowest BCUT2D eigenvalue weighted by Gasteiger charge is -2.55. The van der Waals surface area contributed by atoms with Gasteiger partial charge in [0.1, 0.15) is 13.4 Å². The van der Waals surface area contributed by atoms with Crippen LogP contribution < -0.4 is 0 Å². The molecule has 0 radical (unpaired) electrons. The molecule has 3 heterocycles. The van der Waals surface area contributed by atoms with Gasteiger partial charge in [0.05, 0.1) is 0 Å². The first kappa shape index (κ1) is 15.8. The monoisotopic (exact) mass is 330 g/mol. The van der Waals surface area contributed by atoms with E-state index in [1.54, 1.807) is 7.85 Å². The van der Waals surface area contributed by atoms with Crippen LogP contribution in [0.1, 0.15) is 39.5 Å². The van der Waals surface area contributed by atoms with Gasteiger partial charge in [0.15, 0.2) is 5.79 Å². The molecule has 1 aliphatic carbocycles. The topological polar surface area (TPSA) is 27.7 Å². The zero-order chi connectivity index (χ0) is 16.6. The molecule has 23 heavy (non-hydrogen) atoms. The number of rotatable bonds is 1. The van der Waals surface area contributed by atoms with E-state index in [-0.39, 0.29) is 11.8 Å². The molecule has 2 bridgehead atoms. The largest absolute Gasteiger partial charge is 0.456 e. The summed E-state index contributed by atoms with van der Waals surface area (Å²) < 4.78 is 58.2. The fraction of sp³-hybridized carbons (Fsp3) is 0.875. The summed E-state index contributed by atoms with van der Waals surface area (Å²) in [6, 6.07) is 0. The van der Waals surface area contributed by atoms with E-state index in [0.717, 1.165) is 12.8 Å². The van der Waals surface area contributed by atoms with Crippen molar-refractivity contribution < 1.29 is 27.4 Å². The van der Waals surface area contributed by atoms with Crippen LogP contribution in [-0.4, -0.2) is 31.7 Å². The molecule has 0 N–H and O–H groups in total. The van der Waals surface area contributed by atoms with Crippen molar-refractivity contribution in [3.63, 3.8) is 0 Å². The van der Waals surface area contributed by atoms with Gasteiger partial charge in [0, 0.05) is 12.3 Å². The van der Waals surface area contributed by atoms with Crippen LogP contribution in [0.3, 0.4) is 0 Å². The molecule has 1 spiro atoms. The number of fused-ring (bicyclic) bond motifs is 1. The second kappa shape index (κ2) is 4.69. The summed E-state index contributed by atoms with van der Waals surface area (Å²) in [5, 5.41) is 0. The fourth-order valence-corrected chi connectivity index (χ4v) is 5.41. The molecule has 4 aliphatic rings. The van der Waals surface area contributed by atoms with E-state index >= 15 is 0 Å². The first-order chi connectivity index (χ1) is 10.7. The molecule has 1 saturated carbocycles. The summed E-state index contributed by atoms with van der Waals surface area (Å²) >= 11 is 0. The van der Waals surface area contributed by atoms with E-state index in [4.69, 9.17) is 14.2 Å². The van der Waals surface area contributed by atoms with Crippen LogP contribution in [0.2, 0.25) is 6.32 Å². The van der Waals surface area contributed by atoms with Crippen molar-refractivity contribution in [2.24, 2.45) is 17.8 Å². The van der Waals surface area contributed by atoms with Gasteiger partial charge in [-0.2, -0.15) is 13.2 Å². The Balaban J connectivity index is 1.87. The van der Waals surface area contributed by atoms with Crippen LogP contribution in [-0.2, 0) is 14.2 Å². The molecule has 6 atom stereocenters. The lowest BCUT2D eigenvalue weighted by Crippen LogP contribution is -2.62. The summed E-state index contributed by atoms with van der Waals surface area (Å²) in [6.45, 7) is 4.00. The molecule has 0 amide bonds. The summed E-state index contributed by atoms with van der Waals surface area (Å²) in [5.74, 6) is -1.32. The maximum Gasteiger partial charge on any atom is 0.448 e. The van der Waals surface area contributed by atoms with E-state index < -0.39 is 29.6 Å². The van der Waals surface area contributed by atoms with Gasteiger partial charge in [-0.3, -0.25) is 0 Å². The van der Waals surface area contributed by atoms with Crippen LogP contribution in [0.15, 0.2) is 11.3 Å². The van der Waals surface area contributed by atoms with Gasteiger partial charge in [0.2, 0.25) is 12.0 Å². The van der Waals surface area contributed by atoms with Gasteiger partial charge >= 0.3 is 6.18 Å². The molecule has 3 nitrogen and oxygen atoms in total. The van der Waals surface area contributed by atoms with Crippen LogP contribution in [0, 0.1) is 17.8 Å². The van der Waals surface area contributed by atoms with Gasteiger partial charge < -0.3 is 14.2 Å². The fourth-order valence-electron chi connectivity index (χ4n) is 5.41. The molecule has 0 aromatic rings. The van der Waals surface area contributed by atoms with Gasteiger partial charge in [-0.15, -0.1) is 0 Å². The molecule has 4 rings (SSSR count). The second-order valence-corrected chi connectivity index (χ2v) is 7.62. The van der Waals surface area contributed by atoms with E-state index in [9.17, 15) is 13.2 Å². The smallest absolute Gasteiger partial charge is 0.448 e. The van der Waals surface area contributed by atoms with Crippen molar-refractivity contribution in [1.29, 1.82) is 0 Å². The Morgan fingerprint density at radius 2 is 2.00 bits per heavy atom. The standard InChI is InChI=1S/C16H22BF3O3/c1-8-3-4-11-9(7-17)12(16(18,19)20)21-13-15(11)10(8)5-6-14(2,22-13)23-15/h8,10-11,13H,3-7,17H2,1-2H3/t8-,10+,11+,13-,14+,15-/m1/s1. The first-order valence-corrected chi connectivity index (χ1v) is 8.56. The van der Waals surface area contributed by atoms with Gasteiger partial charge in [-0.25, -0.2) is 0 Å². The highest BCUT2D eigenvalue weighted by molar-refractivity contribution is 6.10. The summed E-state index contributed by atoms with van der Waals surface area (Å²) in [6.07, 6.45) is -1.83. The van der Waals surface area contributed by atoms with Gasteiger partial charge in [-0.05, 0) is 43.6 Å². The average molecular weight is 330 g/mol.